The molecule has 1 fully saturated rings. The van der Waals surface area contributed by atoms with Crippen LogP contribution in [0.1, 0.15) is 65.6 Å². The van der Waals surface area contributed by atoms with Crippen molar-refractivity contribution in [1.82, 2.24) is 9.80 Å². The van der Waals surface area contributed by atoms with Crippen LogP contribution in [0.25, 0.3) is 0 Å². The van der Waals surface area contributed by atoms with E-state index < -0.39 is 5.54 Å². The Morgan fingerprint density at radius 3 is 2.59 bits per heavy atom. The topological polar surface area (TPSA) is 63.0 Å². The van der Waals surface area contributed by atoms with Crippen LogP contribution in [0.2, 0.25) is 0 Å². The predicted molar refractivity (Wildman–Crippen MR) is 104 cm³/mol. The lowest BCUT2D eigenvalue weighted by atomic mass is 10.0. The molecule has 152 valence electrons. The molecule has 2 rings (SSSR count). The average molecular weight is 379 g/mol. The smallest absolute Gasteiger partial charge is 0.242 e. The van der Waals surface area contributed by atoms with Crippen LogP contribution in [0.15, 0.2) is 22.8 Å². The second-order valence-corrected chi connectivity index (χ2v) is 8.24. The van der Waals surface area contributed by atoms with Crippen molar-refractivity contribution in [3.8, 4) is 0 Å². The molecular formula is C21H34N2O4. The first-order valence-corrected chi connectivity index (χ1v) is 10.0. The van der Waals surface area contributed by atoms with Gasteiger partial charge in [-0.2, -0.15) is 0 Å². The monoisotopic (exact) mass is 378 g/mol. The minimum Gasteiger partial charge on any atom is -0.467 e. The molecule has 0 bridgehead atoms. The summed E-state index contributed by atoms with van der Waals surface area (Å²) >= 11 is 0. The van der Waals surface area contributed by atoms with Gasteiger partial charge in [0.2, 0.25) is 11.8 Å². The first-order chi connectivity index (χ1) is 12.8. The van der Waals surface area contributed by atoms with Gasteiger partial charge in [0.05, 0.1) is 18.9 Å². The number of carbonyl (C=O) groups is 2. The highest BCUT2D eigenvalue weighted by atomic mass is 16.5. The third-order valence-electron chi connectivity index (χ3n) is 4.88. The number of carbonyl (C=O) groups excluding carboxylic acids is 2. The summed E-state index contributed by atoms with van der Waals surface area (Å²) in [7, 11) is 0. The molecule has 1 aliphatic rings. The summed E-state index contributed by atoms with van der Waals surface area (Å²) in [5, 5.41) is 0. The number of hydrogen-bond acceptors (Lipinski definition) is 4. The molecule has 0 radical (unpaired) electrons. The molecule has 0 aromatic carbocycles. The van der Waals surface area contributed by atoms with Gasteiger partial charge in [-0.3, -0.25) is 9.59 Å². The first kappa shape index (κ1) is 21.5. The van der Waals surface area contributed by atoms with E-state index in [0.717, 1.165) is 38.1 Å². The number of ether oxygens (including phenoxy) is 1. The zero-order chi connectivity index (χ0) is 19.9. The molecule has 6 heteroatoms. The summed E-state index contributed by atoms with van der Waals surface area (Å²) in [6.45, 7) is 9.74. The number of furan rings is 1. The van der Waals surface area contributed by atoms with E-state index in [1.54, 1.807) is 16.1 Å². The molecular weight excluding hydrogens is 344 g/mol. The van der Waals surface area contributed by atoms with E-state index in [1.807, 2.05) is 32.9 Å². The standard InChI is InChI=1S/C21H34N2O4/c1-5-6-11-19(24)23(21(2,3)4)16-20(25)22(14-17-9-7-12-26-17)15-18-10-8-13-27-18/h7,9,12,18H,5-6,8,10-11,13-16H2,1-4H3. The van der Waals surface area contributed by atoms with E-state index in [4.69, 9.17) is 9.15 Å². The van der Waals surface area contributed by atoms with Gasteiger partial charge in [-0.25, -0.2) is 0 Å². The van der Waals surface area contributed by atoms with Crippen molar-refractivity contribution in [2.45, 2.75) is 78.0 Å². The van der Waals surface area contributed by atoms with E-state index in [1.165, 1.54) is 0 Å². The van der Waals surface area contributed by atoms with Crippen molar-refractivity contribution >= 4 is 11.8 Å². The van der Waals surface area contributed by atoms with E-state index >= 15 is 0 Å². The highest BCUT2D eigenvalue weighted by Crippen LogP contribution is 2.19. The minimum absolute atomic E-state index is 0.0350. The zero-order valence-electron chi connectivity index (χ0n) is 17.2. The van der Waals surface area contributed by atoms with Gasteiger partial charge in [0.1, 0.15) is 12.3 Å². The van der Waals surface area contributed by atoms with Gasteiger partial charge in [-0.05, 0) is 52.2 Å². The Bertz CT molecular complexity index is 586. The maximum absolute atomic E-state index is 13.1. The van der Waals surface area contributed by atoms with Crippen LogP contribution in [0, 0.1) is 0 Å². The van der Waals surface area contributed by atoms with Crippen molar-refractivity contribution in [3.05, 3.63) is 24.2 Å². The molecule has 0 saturated carbocycles. The fourth-order valence-corrected chi connectivity index (χ4v) is 3.28. The summed E-state index contributed by atoms with van der Waals surface area (Å²) in [6, 6.07) is 3.68. The van der Waals surface area contributed by atoms with Gasteiger partial charge in [-0.1, -0.05) is 13.3 Å². The SMILES string of the molecule is CCCCC(=O)N(CC(=O)N(Cc1ccco1)CC1CCCO1)C(C)(C)C. The molecule has 0 spiro atoms. The lowest BCUT2D eigenvalue weighted by Crippen LogP contribution is -2.51. The fourth-order valence-electron chi connectivity index (χ4n) is 3.28. The van der Waals surface area contributed by atoms with Crippen LogP contribution in [0.3, 0.4) is 0 Å². The Morgan fingerprint density at radius 2 is 2.04 bits per heavy atom. The molecule has 27 heavy (non-hydrogen) atoms. The summed E-state index contributed by atoms with van der Waals surface area (Å²) in [4.78, 5) is 29.3. The van der Waals surface area contributed by atoms with Crippen LogP contribution < -0.4 is 0 Å². The van der Waals surface area contributed by atoms with Gasteiger partial charge < -0.3 is 19.0 Å². The predicted octanol–water partition coefficient (Wildman–Crippen LogP) is 3.60. The third-order valence-corrected chi connectivity index (χ3v) is 4.88. The third kappa shape index (κ3) is 6.69. The second-order valence-electron chi connectivity index (χ2n) is 8.24. The van der Waals surface area contributed by atoms with Crippen molar-refractivity contribution in [3.63, 3.8) is 0 Å². The molecule has 1 saturated heterocycles. The van der Waals surface area contributed by atoms with Crippen LogP contribution in [0.5, 0.6) is 0 Å². The lowest BCUT2D eigenvalue weighted by Gasteiger charge is -2.37. The Morgan fingerprint density at radius 1 is 1.26 bits per heavy atom. The summed E-state index contributed by atoms with van der Waals surface area (Å²) in [6.07, 6.45) is 5.93. The normalized spacial score (nSPS) is 17.1. The maximum Gasteiger partial charge on any atom is 0.242 e. The van der Waals surface area contributed by atoms with Gasteiger partial charge >= 0.3 is 0 Å². The maximum atomic E-state index is 13.1. The van der Waals surface area contributed by atoms with E-state index in [0.29, 0.717) is 19.5 Å². The Kier molecular flexibility index (Phi) is 7.90. The molecule has 1 atom stereocenters. The molecule has 1 unspecified atom stereocenters. The number of nitrogens with zero attached hydrogens (tertiary/aromatic N) is 2. The van der Waals surface area contributed by atoms with Crippen molar-refractivity contribution in [1.29, 1.82) is 0 Å². The van der Waals surface area contributed by atoms with Gasteiger partial charge in [0.25, 0.3) is 0 Å². The van der Waals surface area contributed by atoms with Crippen molar-refractivity contribution < 1.29 is 18.7 Å². The molecule has 1 aliphatic heterocycles. The number of hydrogen-bond donors (Lipinski definition) is 0. The first-order valence-electron chi connectivity index (χ1n) is 10.0. The van der Waals surface area contributed by atoms with Crippen molar-refractivity contribution in [2.24, 2.45) is 0 Å². The van der Waals surface area contributed by atoms with Crippen LogP contribution >= 0.6 is 0 Å². The molecule has 1 aromatic heterocycles. The Labute approximate surface area is 162 Å². The number of amides is 2. The number of rotatable bonds is 9. The quantitative estimate of drug-likeness (QED) is 0.659. The second kappa shape index (κ2) is 9.93. The summed E-state index contributed by atoms with van der Waals surface area (Å²) in [5.41, 5.74) is -0.402. The summed E-state index contributed by atoms with van der Waals surface area (Å²) < 4.78 is 11.2. The van der Waals surface area contributed by atoms with E-state index in [9.17, 15) is 9.59 Å². The highest BCUT2D eigenvalue weighted by Gasteiger charge is 2.31. The summed E-state index contributed by atoms with van der Waals surface area (Å²) in [5.74, 6) is 0.704. The van der Waals surface area contributed by atoms with Crippen LogP contribution in [-0.4, -0.2) is 53.0 Å². The number of unbranched alkanes of at least 4 members (excludes halogenated alkanes) is 1. The highest BCUT2D eigenvalue weighted by molar-refractivity contribution is 5.85. The lowest BCUT2D eigenvalue weighted by molar-refractivity contribution is -0.146. The largest absolute Gasteiger partial charge is 0.467 e. The van der Waals surface area contributed by atoms with Gasteiger partial charge in [0.15, 0.2) is 0 Å². The molecule has 0 aliphatic carbocycles. The Hall–Kier alpha value is -1.82. The van der Waals surface area contributed by atoms with Crippen molar-refractivity contribution in [2.75, 3.05) is 19.7 Å². The fraction of sp³-hybridized carbons (Fsp3) is 0.714. The molecule has 0 N–H and O–H groups in total. The van der Waals surface area contributed by atoms with Crippen LogP contribution in [0.4, 0.5) is 0 Å². The van der Waals surface area contributed by atoms with E-state index in [2.05, 4.69) is 6.92 Å². The van der Waals surface area contributed by atoms with E-state index in [-0.39, 0.29) is 24.5 Å². The molecule has 2 heterocycles. The average Bonchev–Trinajstić information content (AvgIpc) is 3.29. The molecule has 6 nitrogen and oxygen atoms in total. The minimum atomic E-state index is -0.402. The van der Waals surface area contributed by atoms with Crippen LogP contribution in [-0.2, 0) is 20.9 Å². The Balaban J connectivity index is 2.09. The van der Waals surface area contributed by atoms with Gasteiger partial charge in [-0.15, -0.1) is 0 Å². The van der Waals surface area contributed by atoms with Gasteiger partial charge in [0, 0.05) is 25.1 Å². The molecule has 2 amide bonds. The zero-order valence-corrected chi connectivity index (χ0v) is 17.2. The molecule has 1 aromatic rings.